The summed E-state index contributed by atoms with van der Waals surface area (Å²) in [6.07, 6.45) is -9.33. The lowest BCUT2D eigenvalue weighted by atomic mass is 10.1. The van der Waals surface area contributed by atoms with Gasteiger partial charge < -0.3 is 5.32 Å². The van der Waals surface area contributed by atoms with Crippen LogP contribution in [0.25, 0.3) is 0 Å². The van der Waals surface area contributed by atoms with Crippen molar-refractivity contribution in [2.45, 2.75) is 12.4 Å². The minimum atomic E-state index is -4.79. The maximum atomic E-state index is 12.5. The Labute approximate surface area is 97.8 Å². The van der Waals surface area contributed by atoms with Gasteiger partial charge in [-0.25, -0.2) is 0 Å². The summed E-state index contributed by atoms with van der Waals surface area (Å²) in [5.74, 6) is 0. The molecule has 0 amide bonds. The van der Waals surface area contributed by atoms with Crippen molar-refractivity contribution in [3.05, 3.63) is 29.3 Å². The van der Waals surface area contributed by atoms with E-state index in [1.165, 1.54) is 6.07 Å². The van der Waals surface area contributed by atoms with E-state index in [0.29, 0.717) is 6.07 Å². The number of alkyl halides is 6. The van der Waals surface area contributed by atoms with E-state index in [2.05, 4.69) is 0 Å². The molecule has 1 rings (SSSR count). The van der Waals surface area contributed by atoms with E-state index in [1.807, 2.05) is 5.32 Å². The fourth-order valence-corrected chi connectivity index (χ4v) is 1.19. The molecule has 2 nitrogen and oxygen atoms in total. The van der Waals surface area contributed by atoms with Gasteiger partial charge in [-0.1, -0.05) is 0 Å². The topological polar surface area (TPSA) is 35.8 Å². The summed E-state index contributed by atoms with van der Waals surface area (Å²) in [6.45, 7) is -1.45. The lowest BCUT2D eigenvalue weighted by Gasteiger charge is -2.13. The van der Waals surface area contributed by atoms with Crippen LogP contribution in [0.2, 0.25) is 0 Å². The van der Waals surface area contributed by atoms with Crippen molar-refractivity contribution in [1.82, 2.24) is 0 Å². The largest absolute Gasteiger partial charge is 0.417 e. The Morgan fingerprint density at radius 3 is 2.17 bits per heavy atom. The molecule has 8 heteroatoms. The molecule has 0 atom stereocenters. The minimum Gasteiger partial charge on any atom is -0.376 e. The fourth-order valence-electron chi connectivity index (χ4n) is 1.19. The van der Waals surface area contributed by atoms with Crippen molar-refractivity contribution in [3.8, 4) is 6.07 Å². The van der Waals surface area contributed by atoms with Crippen LogP contribution in [0, 0.1) is 11.3 Å². The SMILES string of the molecule is N#Cc1ccc(NCC(F)(F)F)cc1C(F)(F)F. The highest BCUT2D eigenvalue weighted by molar-refractivity contribution is 5.53. The van der Waals surface area contributed by atoms with Crippen molar-refractivity contribution in [2.24, 2.45) is 0 Å². The molecule has 0 aliphatic carbocycles. The van der Waals surface area contributed by atoms with Crippen LogP contribution in [0.15, 0.2) is 18.2 Å². The molecular formula is C10H6F6N2. The predicted octanol–water partition coefficient (Wildman–Crippen LogP) is 3.55. The fraction of sp³-hybridized carbons (Fsp3) is 0.300. The van der Waals surface area contributed by atoms with Gasteiger partial charge >= 0.3 is 12.4 Å². The number of nitrogens with one attached hydrogen (secondary N) is 1. The van der Waals surface area contributed by atoms with Crippen LogP contribution < -0.4 is 5.32 Å². The van der Waals surface area contributed by atoms with E-state index in [4.69, 9.17) is 5.26 Å². The van der Waals surface area contributed by atoms with Gasteiger partial charge in [0.15, 0.2) is 0 Å². The smallest absolute Gasteiger partial charge is 0.376 e. The van der Waals surface area contributed by atoms with Gasteiger partial charge in [0.1, 0.15) is 6.54 Å². The van der Waals surface area contributed by atoms with E-state index in [-0.39, 0.29) is 5.69 Å². The first-order chi connectivity index (χ1) is 8.13. The molecule has 0 aliphatic heterocycles. The Bertz CT molecular complexity index is 469. The molecule has 1 aromatic carbocycles. The number of halogens is 6. The zero-order valence-electron chi connectivity index (χ0n) is 8.65. The molecule has 0 fully saturated rings. The van der Waals surface area contributed by atoms with Crippen LogP contribution in [0.1, 0.15) is 11.1 Å². The lowest BCUT2D eigenvalue weighted by Crippen LogP contribution is -2.21. The van der Waals surface area contributed by atoms with Gasteiger partial charge in [0.05, 0.1) is 17.2 Å². The number of benzene rings is 1. The second-order valence-electron chi connectivity index (χ2n) is 3.34. The zero-order valence-corrected chi connectivity index (χ0v) is 8.65. The first-order valence-corrected chi connectivity index (χ1v) is 4.55. The third-order valence-electron chi connectivity index (χ3n) is 1.94. The quantitative estimate of drug-likeness (QED) is 0.832. The van der Waals surface area contributed by atoms with Crippen LogP contribution in [-0.4, -0.2) is 12.7 Å². The molecule has 18 heavy (non-hydrogen) atoms. The van der Waals surface area contributed by atoms with Crippen LogP contribution >= 0.6 is 0 Å². The molecular weight excluding hydrogens is 262 g/mol. The molecule has 0 saturated heterocycles. The van der Waals surface area contributed by atoms with Gasteiger partial charge in [0.25, 0.3) is 0 Å². The highest BCUT2D eigenvalue weighted by atomic mass is 19.4. The molecule has 1 aromatic rings. The summed E-state index contributed by atoms with van der Waals surface area (Å²) in [5, 5.41) is 10.3. The average molecular weight is 268 g/mol. The van der Waals surface area contributed by atoms with Crippen molar-refractivity contribution >= 4 is 5.69 Å². The van der Waals surface area contributed by atoms with Crippen molar-refractivity contribution < 1.29 is 26.3 Å². The highest BCUT2D eigenvalue weighted by Crippen LogP contribution is 2.33. The molecule has 0 unspecified atom stereocenters. The van der Waals surface area contributed by atoms with Gasteiger partial charge in [-0.2, -0.15) is 31.6 Å². The first-order valence-electron chi connectivity index (χ1n) is 4.55. The maximum absolute atomic E-state index is 12.5. The Morgan fingerprint density at radius 1 is 1.11 bits per heavy atom. The normalized spacial score (nSPS) is 12.1. The van der Waals surface area contributed by atoms with E-state index < -0.39 is 30.0 Å². The molecule has 0 spiro atoms. The van der Waals surface area contributed by atoms with E-state index in [1.54, 1.807) is 0 Å². The summed E-state index contributed by atoms with van der Waals surface area (Å²) < 4.78 is 73.1. The number of rotatable bonds is 2. The van der Waals surface area contributed by atoms with E-state index >= 15 is 0 Å². The number of anilines is 1. The van der Waals surface area contributed by atoms with Gasteiger partial charge in [-0.15, -0.1) is 0 Å². The van der Waals surface area contributed by atoms with Crippen LogP contribution in [-0.2, 0) is 6.18 Å². The second-order valence-corrected chi connectivity index (χ2v) is 3.34. The molecule has 0 saturated carbocycles. The summed E-state index contributed by atoms with van der Waals surface area (Å²) in [5.41, 5.74) is -2.25. The van der Waals surface area contributed by atoms with Crippen LogP contribution in [0.4, 0.5) is 32.0 Å². The van der Waals surface area contributed by atoms with Crippen LogP contribution in [0.5, 0.6) is 0 Å². The second kappa shape index (κ2) is 4.76. The number of hydrogen-bond donors (Lipinski definition) is 1. The monoisotopic (exact) mass is 268 g/mol. The predicted molar refractivity (Wildman–Crippen MR) is 50.7 cm³/mol. The van der Waals surface area contributed by atoms with Gasteiger partial charge in [-0.3, -0.25) is 0 Å². The van der Waals surface area contributed by atoms with E-state index in [0.717, 1.165) is 12.1 Å². The minimum absolute atomic E-state index is 0.348. The highest BCUT2D eigenvalue weighted by Gasteiger charge is 2.34. The van der Waals surface area contributed by atoms with Crippen molar-refractivity contribution in [2.75, 3.05) is 11.9 Å². The summed E-state index contributed by atoms with van der Waals surface area (Å²) in [4.78, 5) is 0. The van der Waals surface area contributed by atoms with Crippen LogP contribution in [0.3, 0.4) is 0 Å². The van der Waals surface area contributed by atoms with Gasteiger partial charge in [0.2, 0.25) is 0 Å². The Hall–Kier alpha value is -1.91. The van der Waals surface area contributed by atoms with Gasteiger partial charge in [-0.05, 0) is 18.2 Å². The van der Waals surface area contributed by atoms with Crippen molar-refractivity contribution in [3.63, 3.8) is 0 Å². The number of nitrogens with zero attached hydrogens (tertiary/aromatic N) is 1. The number of nitriles is 1. The Morgan fingerprint density at radius 2 is 1.72 bits per heavy atom. The summed E-state index contributed by atoms with van der Waals surface area (Å²) >= 11 is 0. The third-order valence-corrected chi connectivity index (χ3v) is 1.94. The third kappa shape index (κ3) is 3.84. The maximum Gasteiger partial charge on any atom is 0.417 e. The first kappa shape index (κ1) is 14.2. The molecule has 98 valence electrons. The van der Waals surface area contributed by atoms with E-state index in [9.17, 15) is 26.3 Å². The molecule has 0 aromatic heterocycles. The standard InChI is InChI=1S/C10H6F6N2/c11-9(12,13)5-18-7-2-1-6(4-17)8(3-7)10(14,15)16/h1-3,18H,5H2. The Balaban J connectivity index is 3.02. The molecule has 0 heterocycles. The molecule has 0 radical (unpaired) electrons. The zero-order chi connectivity index (χ0) is 14.0. The molecule has 0 bridgehead atoms. The van der Waals surface area contributed by atoms with Gasteiger partial charge in [0, 0.05) is 5.69 Å². The summed E-state index contributed by atoms with van der Waals surface area (Å²) in [7, 11) is 0. The van der Waals surface area contributed by atoms with Crippen molar-refractivity contribution in [1.29, 1.82) is 5.26 Å². The molecule has 0 aliphatic rings. The Kier molecular flexibility index (Phi) is 3.74. The number of hydrogen-bond acceptors (Lipinski definition) is 2. The lowest BCUT2D eigenvalue weighted by molar-refractivity contribution is -0.137. The average Bonchev–Trinajstić information content (AvgIpc) is 2.24. The molecule has 1 N–H and O–H groups in total. The summed E-state index contributed by atoms with van der Waals surface area (Å²) in [6, 6.07) is 3.61.